The van der Waals surface area contributed by atoms with Crippen molar-refractivity contribution >= 4 is 5.97 Å². The van der Waals surface area contributed by atoms with E-state index in [1.165, 1.54) is 12.8 Å². The zero-order chi connectivity index (χ0) is 15.8. The van der Waals surface area contributed by atoms with Crippen LogP contribution in [0.25, 0.3) is 0 Å². The van der Waals surface area contributed by atoms with E-state index >= 15 is 0 Å². The molecule has 2 aliphatic heterocycles. The Morgan fingerprint density at radius 2 is 2.04 bits per heavy atom. The van der Waals surface area contributed by atoms with Gasteiger partial charge in [0, 0.05) is 18.3 Å². The van der Waals surface area contributed by atoms with E-state index in [-0.39, 0.29) is 12.1 Å². The van der Waals surface area contributed by atoms with Crippen molar-refractivity contribution in [2.75, 3.05) is 0 Å². The van der Waals surface area contributed by atoms with Gasteiger partial charge in [-0.3, -0.25) is 4.79 Å². The fourth-order valence-electron chi connectivity index (χ4n) is 4.70. The fourth-order valence-corrected chi connectivity index (χ4v) is 4.70. The smallest absolute Gasteiger partial charge is 0.306 e. The quantitative estimate of drug-likeness (QED) is 0.438. The Morgan fingerprint density at radius 3 is 2.87 bits per heavy atom. The Bertz CT molecular complexity index is 509. The van der Waals surface area contributed by atoms with E-state index in [1.807, 2.05) is 0 Å². The van der Waals surface area contributed by atoms with Crippen LogP contribution in [0.4, 0.5) is 0 Å². The second-order valence-electron chi connectivity index (χ2n) is 7.67. The van der Waals surface area contributed by atoms with Crippen LogP contribution in [-0.2, 0) is 14.3 Å². The standard InChI is InChI=1S/C20H28O3/c1-2-13-11-15(13)19-16-12-17-20(22-17)14(16)9-7-5-3-4-6-8-10-18(21)23-19/h3-4,7,9,13-17,19-20H,2,5-6,8,10-12H2,1H3/b4-3-,9-7-/t13-,14-,15+,16+,17?,19-,20?/m0/s1. The molecule has 3 heteroatoms. The molecule has 1 saturated heterocycles. The van der Waals surface area contributed by atoms with Gasteiger partial charge < -0.3 is 9.47 Å². The van der Waals surface area contributed by atoms with E-state index in [0.29, 0.717) is 36.4 Å². The van der Waals surface area contributed by atoms with E-state index in [1.54, 1.807) is 0 Å². The number of fused-ring (bicyclic) bond motifs is 3. The number of hydrogen-bond donors (Lipinski definition) is 0. The minimum absolute atomic E-state index is 0.00798. The molecule has 0 aromatic heterocycles. The molecule has 4 aliphatic rings. The summed E-state index contributed by atoms with van der Waals surface area (Å²) in [7, 11) is 0. The first kappa shape index (κ1) is 15.4. The predicted molar refractivity (Wildman–Crippen MR) is 88.8 cm³/mol. The van der Waals surface area contributed by atoms with Gasteiger partial charge in [-0.15, -0.1) is 0 Å². The van der Waals surface area contributed by atoms with Crippen LogP contribution in [0.5, 0.6) is 0 Å². The third-order valence-corrected chi connectivity index (χ3v) is 6.16. The maximum atomic E-state index is 12.3. The first-order valence-electron chi connectivity index (χ1n) is 9.44. The highest BCUT2D eigenvalue weighted by Gasteiger charge is 2.60. The van der Waals surface area contributed by atoms with Crippen LogP contribution in [0.15, 0.2) is 24.3 Å². The zero-order valence-electron chi connectivity index (χ0n) is 14.0. The summed E-state index contributed by atoms with van der Waals surface area (Å²) in [5.41, 5.74) is 0. The molecule has 7 atom stereocenters. The maximum Gasteiger partial charge on any atom is 0.306 e. The minimum Gasteiger partial charge on any atom is -0.462 e. The van der Waals surface area contributed by atoms with Gasteiger partial charge in [0.15, 0.2) is 0 Å². The second-order valence-corrected chi connectivity index (χ2v) is 7.67. The molecule has 0 amide bonds. The van der Waals surface area contributed by atoms with Crippen molar-refractivity contribution < 1.29 is 14.3 Å². The molecule has 0 aromatic carbocycles. The Labute approximate surface area is 139 Å². The number of carbonyl (C=O) groups excluding carboxylic acids is 1. The molecule has 23 heavy (non-hydrogen) atoms. The number of hydrogen-bond acceptors (Lipinski definition) is 3. The van der Waals surface area contributed by atoms with Gasteiger partial charge in [0.25, 0.3) is 0 Å². The zero-order valence-corrected chi connectivity index (χ0v) is 14.0. The van der Waals surface area contributed by atoms with Gasteiger partial charge in [-0.25, -0.2) is 0 Å². The van der Waals surface area contributed by atoms with Crippen molar-refractivity contribution in [3.8, 4) is 0 Å². The number of epoxide rings is 1. The van der Waals surface area contributed by atoms with Gasteiger partial charge in [-0.1, -0.05) is 37.6 Å². The van der Waals surface area contributed by atoms with Crippen molar-refractivity contribution in [3.05, 3.63) is 24.3 Å². The lowest BCUT2D eigenvalue weighted by Gasteiger charge is -2.29. The summed E-state index contributed by atoms with van der Waals surface area (Å²) in [5, 5.41) is 0. The van der Waals surface area contributed by atoms with Gasteiger partial charge in [0.2, 0.25) is 0 Å². The number of rotatable bonds is 2. The lowest BCUT2D eigenvalue weighted by Crippen LogP contribution is -2.33. The highest BCUT2D eigenvalue weighted by Crippen LogP contribution is 2.55. The highest BCUT2D eigenvalue weighted by atomic mass is 16.6. The lowest BCUT2D eigenvalue weighted by atomic mass is 9.86. The molecule has 0 bridgehead atoms. The van der Waals surface area contributed by atoms with Crippen molar-refractivity contribution in [3.63, 3.8) is 0 Å². The topological polar surface area (TPSA) is 38.8 Å². The molecule has 4 rings (SSSR count). The third-order valence-electron chi connectivity index (χ3n) is 6.16. The molecule has 3 fully saturated rings. The van der Waals surface area contributed by atoms with E-state index in [0.717, 1.165) is 31.6 Å². The summed E-state index contributed by atoms with van der Waals surface area (Å²) >= 11 is 0. The average molecular weight is 316 g/mol. The Kier molecular flexibility index (Phi) is 4.31. The molecule has 126 valence electrons. The molecule has 2 unspecified atom stereocenters. The minimum atomic E-state index is 0.00798. The summed E-state index contributed by atoms with van der Waals surface area (Å²) in [4.78, 5) is 12.3. The van der Waals surface area contributed by atoms with Crippen LogP contribution >= 0.6 is 0 Å². The normalized spacial score (nSPS) is 48.7. The molecule has 0 aromatic rings. The van der Waals surface area contributed by atoms with Crippen LogP contribution < -0.4 is 0 Å². The van der Waals surface area contributed by atoms with Gasteiger partial charge in [-0.05, 0) is 43.9 Å². The first-order valence-corrected chi connectivity index (χ1v) is 9.44. The Morgan fingerprint density at radius 1 is 1.13 bits per heavy atom. The van der Waals surface area contributed by atoms with Crippen molar-refractivity contribution in [2.45, 2.75) is 70.2 Å². The molecule has 2 heterocycles. The summed E-state index contributed by atoms with van der Waals surface area (Å²) in [6.07, 6.45) is 16.8. The molecule has 0 N–H and O–H groups in total. The Balaban J connectivity index is 1.54. The predicted octanol–water partition coefficient (Wildman–Crippen LogP) is 4.03. The third kappa shape index (κ3) is 3.26. The van der Waals surface area contributed by atoms with Crippen LogP contribution in [-0.4, -0.2) is 24.3 Å². The number of allylic oxidation sites excluding steroid dienone is 3. The van der Waals surface area contributed by atoms with Crippen LogP contribution in [0.1, 0.15) is 51.9 Å². The van der Waals surface area contributed by atoms with E-state index in [2.05, 4.69) is 31.2 Å². The van der Waals surface area contributed by atoms with Crippen LogP contribution in [0, 0.1) is 23.7 Å². The first-order chi connectivity index (χ1) is 11.3. The summed E-state index contributed by atoms with van der Waals surface area (Å²) in [6, 6.07) is 0. The molecule has 3 nitrogen and oxygen atoms in total. The molecule has 0 radical (unpaired) electrons. The second kappa shape index (κ2) is 6.43. The lowest BCUT2D eigenvalue weighted by molar-refractivity contribution is -0.155. The maximum absolute atomic E-state index is 12.3. The average Bonchev–Trinajstić information content (AvgIpc) is 3.45. The number of carbonyl (C=O) groups is 1. The van der Waals surface area contributed by atoms with Crippen LogP contribution in [0.2, 0.25) is 0 Å². The van der Waals surface area contributed by atoms with Gasteiger partial charge in [-0.2, -0.15) is 0 Å². The Hall–Kier alpha value is -1.09. The van der Waals surface area contributed by atoms with E-state index in [9.17, 15) is 4.79 Å². The molecule has 2 saturated carbocycles. The van der Waals surface area contributed by atoms with Crippen molar-refractivity contribution in [1.82, 2.24) is 0 Å². The van der Waals surface area contributed by atoms with Gasteiger partial charge >= 0.3 is 5.97 Å². The van der Waals surface area contributed by atoms with Crippen molar-refractivity contribution in [1.29, 1.82) is 0 Å². The molecular weight excluding hydrogens is 288 g/mol. The number of cyclic esters (lactones) is 1. The SMILES string of the molecule is CC[C@H]1C[C@H]1[C@@H]1OC(=O)CCC/C=C\C/C=C\[C@@H]2C3OC3C[C@@H]12. The summed E-state index contributed by atoms with van der Waals surface area (Å²) in [5.74, 6) is 2.25. The fraction of sp³-hybridized carbons (Fsp3) is 0.750. The van der Waals surface area contributed by atoms with Crippen LogP contribution in [0.3, 0.4) is 0 Å². The molecule has 2 aliphatic carbocycles. The highest BCUT2D eigenvalue weighted by molar-refractivity contribution is 5.69. The summed E-state index contributed by atoms with van der Waals surface area (Å²) < 4.78 is 11.8. The van der Waals surface area contributed by atoms with Gasteiger partial charge in [0.1, 0.15) is 6.10 Å². The van der Waals surface area contributed by atoms with Crippen molar-refractivity contribution in [2.24, 2.45) is 23.7 Å². The van der Waals surface area contributed by atoms with E-state index < -0.39 is 0 Å². The molecule has 0 spiro atoms. The molecular formula is C20H28O3. The largest absolute Gasteiger partial charge is 0.462 e. The number of ether oxygens (including phenoxy) is 2. The van der Waals surface area contributed by atoms with Gasteiger partial charge in [0.05, 0.1) is 12.2 Å². The summed E-state index contributed by atoms with van der Waals surface area (Å²) in [6.45, 7) is 2.25. The van der Waals surface area contributed by atoms with E-state index in [4.69, 9.17) is 9.47 Å². The monoisotopic (exact) mass is 316 g/mol. The number of esters is 1.